The van der Waals surface area contributed by atoms with Crippen molar-refractivity contribution in [1.29, 1.82) is 0 Å². The van der Waals surface area contributed by atoms with E-state index in [0.717, 1.165) is 22.3 Å². The molecule has 1 saturated carbocycles. The Morgan fingerprint density at radius 2 is 1.45 bits per heavy atom. The maximum Gasteiger partial charge on any atom is 0.303 e. The predicted octanol–water partition coefficient (Wildman–Crippen LogP) is 5.33. The van der Waals surface area contributed by atoms with Crippen molar-refractivity contribution in [2.45, 2.75) is 55.5 Å². The Morgan fingerprint density at radius 1 is 0.796 bits per heavy atom. The molecule has 3 aromatic carbocycles. The first-order valence-electron chi connectivity index (χ1n) is 16.7. The molecule has 2 heterocycles. The largest absolute Gasteiger partial charge is 0.481 e. The van der Waals surface area contributed by atoms with Gasteiger partial charge < -0.3 is 14.9 Å². The summed E-state index contributed by atoms with van der Waals surface area (Å²) in [4.78, 5) is 46.1. The van der Waals surface area contributed by atoms with Crippen LogP contribution in [0.15, 0.2) is 108 Å². The molecule has 11 heteroatoms. The topological polar surface area (TPSA) is 137 Å². The third-order valence-electron chi connectivity index (χ3n) is 9.50. The highest BCUT2D eigenvalue weighted by Crippen LogP contribution is 2.33. The zero-order valence-corrected chi connectivity index (χ0v) is 28.0. The first-order chi connectivity index (χ1) is 23.7. The minimum absolute atomic E-state index is 0.0469. The molecule has 1 atom stereocenters. The molecule has 6 rings (SSSR count). The minimum atomic E-state index is -3.76. The Bertz CT molecular complexity index is 1860. The number of aliphatic carboxylic acids is 1. The van der Waals surface area contributed by atoms with E-state index >= 15 is 0 Å². The van der Waals surface area contributed by atoms with Crippen molar-refractivity contribution in [1.82, 2.24) is 19.5 Å². The predicted molar refractivity (Wildman–Crippen MR) is 185 cm³/mol. The summed E-state index contributed by atoms with van der Waals surface area (Å²) < 4.78 is 29.5. The number of piperazine rings is 1. The second kappa shape index (κ2) is 15.1. The minimum Gasteiger partial charge on any atom is -0.481 e. The number of aryl methyl sites for hydroxylation is 1. The van der Waals surface area contributed by atoms with Crippen LogP contribution in [0.2, 0.25) is 0 Å². The number of aromatic nitrogens is 1. The molecule has 1 aliphatic carbocycles. The number of pyridine rings is 1. The van der Waals surface area contributed by atoms with Crippen molar-refractivity contribution in [2.24, 2.45) is 5.92 Å². The van der Waals surface area contributed by atoms with Gasteiger partial charge in [0.2, 0.25) is 15.9 Å². The number of carboxylic acid groups (broad SMARTS) is 1. The quantitative estimate of drug-likeness (QED) is 0.231. The van der Waals surface area contributed by atoms with E-state index < -0.39 is 16.0 Å². The second-order valence-corrected chi connectivity index (χ2v) is 14.4. The smallest absolute Gasteiger partial charge is 0.303 e. The lowest BCUT2D eigenvalue weighted by molar-refractivity contribution is -0.141. The Balaban J connectivity index is 1.05. The maximum atomic E-state index is 14.0. The van der Waals surface area contributed by atoms with Crippen molar-refractivity contribution in [3.8, 4) is 11.1 Å². The van der Waals surface area contributed by atoms with Gasteiger partial charge >= 0.3 is 5.97 Å². The van der Waals surface area contributed by atoms with Crippen molar-refractivity contribution >= 4 is 27.8 Å². The number of carbonyl (C=O) groups excluding carboxylic acids is 2. The molecule has 2 fully saturated rings. The fraction of sp³-hybridized carbons (Fsp3) is 0.316. The van der Waals surface area contributed by atoms with Crippen LogP contribution in [0.5, 0.6) is 0 Å². The number of rotatable bonds is 10. The number of nitrogens with one attached hydrogen (secondary N) is 1. The Kier molecular flexibility index (Phi) is 10.5. The standard InChI is InChI=1S/C38H40N4O6S/c43-36(44)22-11-27-9-12-28(13-10-27)29-16-20-33(21-17-29)49(47,48)40-32-18-14-31(15-19-32)37(45)42-25-24-41(38(46)34-8-4-5-23-39-34)26-35(42)30-6-2-1-3-7-30/h1-10,12-13,16-17,20-21,23,31-32,35,40H,11,14-15,18-19,22,24-26H2,(H,43,44)/t31-,32-,35?. The molecule has 254 valence electrons. The van der Waals surface area contributed by atoms with E-state index in [1.165, 1.54) is 0 Å². The van der Waals surface area contributed by atoms with Crippen LogP contribution in [0.4, 0.5) is 0 Å². The maximum absolute atomic E-state index is 14.0. The average Bonchev–Trinajstić information content (AvgIpc) is 3.14. The molecule has 4 aromatic rings. The molecule has 2 amide bonds. The lowest BCUT2D eigenvalue weighted by Crippen LogP contribution is -2.54. The van der Waals surface area contributed by atoms with Crippen LogP contribution in [-0.4, -0.2) is 71.8 Å². The molecule has 0 spiro atoms. The van der Waals surface area contributed by atoms with Gasteiger partial charge in [0.1, 0.15) is 5.69 Å². The summed E-state index contributed by atoms with van der Waals surface area (Å²) in [5, 5.41) is 8.90. The first-order valence-corrected chi connectivity index (χ1v) is 18.2. The highest BCUT2D eigenvalue weighted by Gasteiger charge is 2.38. The van der Waals surface area contributed by atoms with Crippen molar-refractivity contribution in [3.63, 3.8) is 0 Å². The Morgan fingerprint density at radius 3 is 2.08 bits per heavy atom. The molecule has 10 nitrogen and oxygen atoms in total. The number of carbonyl (C=O) groups is 3. The molecule has 1 aromatic heterocycles. The normalized spacial score (nSPS) is 19.7. The molecular formula is C38H40N4O6S. The highest BCUT2D eigenvalue weighted by molar-refractivity contribution is 7.89. The van der Waals surface area contributed by atoms with E-state index in [2.05, 4.69) is 9.71 Å². The van der Waals surface area contributed by atoms with Gasteiger partial charge in [-0.2, -0.15) is 0 Å². The van der Waals surface area contributed by atoms with Crippen LogP contribution in [-0.2, 0) is 26.0 Å². The Hall–Kier alpha value is -4.87. The summed E-state index contributed by atoms with van der Waals surface area (Å²) in [6.45, 7) is 1.20. The van der Waals surface area contributed by atoms with Gasteiger partial charge in [-0.3, -0.25) is 19.4 Å². The Labute approximate surface area is 286 Å². The van der Waals surface area contributed by atoms with Gasteiger partial charge in [0.05, 0.1) is 10.9 Å². The molecule has 1 unspecified atom stereocenters. The monoisotopic (exact) mass is 680 g/mol. The number of nitrogens with zero attached hydrogens (tertiary/aromatic N) is 3. The van der Waals surface area contributed by atoms with Gasteiger partial charge in [0.25, 0.3) is 5.91 Å². The number of hydrogen-bond donors (Lipinski definition) is 2. The summed E-state index contributed by atoms with van der Waals surface area (Å²) >= 11 is 0. The molecule has 2 N–H and O–H groups in total. The van der Waals surface area contributed by atoms with Crippen molar-refractivity contribution in [2.75, 3.05) is 19.6 Å². The zero-order valence-electron chi connectivity index (χ0n) is 27.1. The van der Waals surface area contributed by atoms with E-state index in [1.54, 1.807) is 53.6 Å². The van der Waals surface area contributed by atoms with Crippen LogP contribution in [0, 0.1) is 5.92 Å². The highest BCUT2D eigenvalue weighted by atomic mass is 32.2. The number of hydrogen-bond acceptors (Lipinski definition) is 6. The SMILES string of the molecule is O=C(O)CCc1ccc(-c2ccc(S(=O)(=O)N[C@H]3CC[C@H](C(=O)N4CCN(C(=O)c5ccccn5)CC4c4ccccc4)CC3)cc2)cc1. The van der Waals surface area contributed by atoms with Gasteiger partial charge in [-0.1, -0.05) is 72.8 Å². The van der Waals surface area contributed by atoms with E-state index in [4.69, 9.17) is 5.11 Å². The third-order valence-corrected chi connectivity index (χ3v) is 11.0. The summed E-state index contributed by atoms with van der Waals surface area (Å²) in [6.07, 6.45) is 4.37. The fourth-order valence-corrected chi connectivity index (χ4v) is 8.07. The zero-order chi connectivity index (χ0) is 34.4. The second-order valence-electron chi connectivity index (χ2n) is 12.7. The molecule has 1 saturated heterocycles. The number of benzene rings is 3. The van der Waals surface area contributed by atoms with E-state index in [0.29, 0.717) is 57.4 Å². The molecule has 1 aliphatic heterocycles. The molecule has 0 bridgehead atoms. The van der Waals surface area contributed by atoms with Crippen LogP contribution in [0.25, 0.3) is 11.1 Å². The first kappa shape index (κ1) is 34.0. The molecule has 2 aliphatic rings. The van der Waals surface area contributed by atoms with Crippen LogP contribution < -0.4 is 4.72 Å². The lowest BCUT2D eigenvalue weighted by Gasteiger charge is -2.43. The van der Waals surface area contributed by atoms with Gasteiger partial charge in [0, 0.05) is 44.2 Å². The average molecular weight is 681 g/mol. The van der Waals surface area contributed by atoms with Gasteiger partial charge in [0.15, 0.2) is 0 Å². The van der Waals surface area contributed by atoms with E-state index in [-0.39, 0.29) is 41.1 Å². The fourth-order valence-electron chi connectivity index (χ4n) is 6.76. The summed E-state index contributed by atoms with van der Waals surface area (Å²) in [7, 11) is -3.76. The molecule has 0 radical (unpaired) electrons. The van der Waals surface area contributed by atoms with Crippen LogP contribution in [0.3, 0.4) is 0 Å². The summed E-state index contributed by atoms with van der Waals surface area (Å²) in [5.41, 5.74) is 4.05. The van der Waals surface area contributed by atoms with E-state index in [9.17, 15) is 22.8 Å². The van der Waals surface area contributed by atoms with E-state index in [1.807, 2.05) is 59.5 Å². The molecular weight excluding hydrogens is 641 g/mol. The van der Waals surface area contributed by atoms with Crippen molar-refractivity contribution < 1.29 is 27.9 Å². The summed E-state index contributed by atoms with van der Waals surface area (Å²) in [6, 6.07) is 28.8. The van der Waals surface area contributed by atoms with Crippen LogP contribution in [0.1, 0.15) is 59.8 Å². The summed E-state index contributed by atoms with van der Waals surface area (Å²) in [5.74, 6) is -1.17. The van der Waals surface area contributed by atoms with Gasteiger partial charge in [-0.15, -0.1) is 0 Å². The van der Waals surface area contributed by atoms with Gasteiger partial charge in [-0.25, -0.2) is 13.1 Å². The number of carboxylic acids is 1. The number of amides is 2. The van der Waals surface area contributed by atoms with Crippen LogP contribution >= 0.6 is 0 Å². The third kappa shape index (κ3) is 8.23. The molecule has 49 heavy (non-hydrogen) atoms. The lowest BCUT2D eigenvalue weighted by atomic mass is 9.85. The van der Waals surface area contributed by atoms with Gasteiger partial charge in [-0.05, 0) is 78.6 Å². The van der Waals surface area contributed by atoms with Crippen molar-refractivity contribution in [3.05, 3.63) is 120 Å². The number of sulfonamides is 1.